The molecule has 0 aliphatic heterocycles. The highest BCUT2D eigenvalue weighted by Gasteiger charge is 2.16. The second kappa shape index (κ2) is 6.28. The fourth-order valence-electron chi connectivity index (χ4n) is 1.83. The molecule has 2 rings (SSSR count). The van der Waals surface area contributed by atoms with E-state index in [1.807, 2.05) is 36.6 Å². The van der Waals surface area contributed by atoms with Crippen LogP contribution >= 0.6 is 23.4 Å². The number of halogens is 1. The molecule has 1 N–H and O–H groups in total. The van der Waals surface area contributed by atoms with Gasteiger partial charge in [0.05, 0.1) is 10.8 Å². The average Bonchev–Trinajstić information content (AvgIpc) is 2.82. The Labute approximate surface area is 126 Å². The van der Waals surface area contributed by atoms with E-state index in [0.29, 0.717) is 22.5 Å². The maximum atomic E-state index is 10.6. The number of rotatable bonds is 5. The molecule has 0 saturated heterocycles. The monoisotopic (exact) mass is 311 g/mol. The minimum atomic E-state index is -0.879. The molecule has 1 heterocycles. The van der Waals surface area contributed by atoms with Crippen molar-refractivity contribution in [2.45, 2.75) is 25.5 Å². The Morgan fingerprint density at radius 1 is 1.45 bits per heavy atom. The molecule has 0 aliphatic carbocycles. The van der Waals surface area contributed by atoms with Gasteiger partial charge in [-0.05, 0) is 25.5 Å². The Hall–Kier alpha value is -1.53. The van der Waals surface area contributed by atoms with Crippen molar-refractivity contribution in [1.82, 2.24) is 14.8 Å². The van der Waals surface area contributed by atoms with Gasteiger partial charge in [-0.3, -0.25) is 4.79 Å². The molecular weight excluding hydrogens is 298 g/mol. The number of benzene rings is 1. The molecule has 0 spiro atoms. The van der Waals surface area contributed by atoms with E-state index >= 15 is 0 Å². The fourth-order valence-corrected chi connectivity index (χ4v) is 2.76. The van der Waals surface area contributed by atoms with Crippen LogP contribution in [0.3, 0.4) is 0 Å². The number of aryl methyl sites for hydroxylation is 1. The number of carboxylic acid groups (broad SMARTS) is 1. The van der Waals surface area contributed by atoms with E-state index in [4.69, 9.17) is 16.7 Å². The topological polar surface area (TPSA) is 68.0 Å². The zero-order valence-electron chi connectivity index (χ0n) is 11.1. The largest absolute Gasteiger partial charge is 0.481 e. The third-order valence-electron chi connectivity index (χ3n) is 2.79. The minimum absolute atomic E-state index is 0.0420. The third-order valence-corrected chi connectivity index (χ3v) is 4.24. The van der Waals surface area contributed by atoms with Gasteiger partial charge in [0, 0.05) is 12.1 Å². The lowest BCUT2D eigenvalue weighted by Gasteiger charge is -2.09. The number of thioether (sulfide) groups is 1. The van der Waals surface area contributed by atoms with E-state index < -0.39 is 5.97 Å². The van der Waals surface area contributed by atoms with Crippen molar-refractivity contribution < 1.29 is 9.90 Å². The van der Waals surface area contributed by atoms with Gasteiger partial charge in [0.25, 0.3) is 0 Å². The number of carbonyl (C=O) groups is 1. The predicted molar refractivity (Wildman–Crippen MR) is 79.2 cm³/mol. The van der Waals surface area contributed by atoms with E-state index in [1.165, 1.54) is 0 Å². The summed E-state index contributed by atoms with van der Waals surface area (Å²) in [7, 11) is 0. The van der Waals surface area contributed by atoms with Crippen molar-refractivity contribution in [3.8, 4) is 11.4 Å². The second-order valence-corrected chi connectivity index (χ2v) is 5.49. The molecule has 0 saturated carbocycles. The van der Waals surface area contributed by atoms with Crippen LogP contribution in [0.1, 0.15) is 12.5 Å². The predicted octanol–water partition coefficient (Wildman–Crippen LogP) is 3.10. The lowest BCUT2D eigenvalue weighted by atomic mass is 10.1. The summed E-state index contributed by atoms with van der Waals surface area (Å²) in [5, 5.41) is 18.2. The number of aliphatic carboxylic acids is 1. The van der Waals surface area contributed by atoms with Crippen LogP contribution in [0.5, 0.6) is 0 Å². The number of nitrogens with zero attached hydrogens (tertiary/aromatic N) is 3. The SMILES string of the molecule is CCn1c(SCC(=O)O)nnc1-c1cccc(C)c1Cl. The molecule has 0 radical (unpaired) electrons. The van der Waals surface area contributed by atoms with Gasteiger partial charge in [0.15, 0.2) is 11.0 Å². The van der Waals surface area contributed by atoms with Crippen LogP contribution in [0.4, 0.5) is 0 Å². The van der Waals surface area contributed by atoms with Crippen LogP contribution in [0, 0.1) is 6.92 Å². The zero-order chi connectivity index (χ0) is 14.7. The molecule has 0 amide bonds. The summed E-state index contributed by atoms with van der Waals surface area (Å²) in [6.07, 6.45) is 0. The Balaban J connectivity index is 2.42. The highest BCUT2D eigenvalue weighted by atomic mass is 35.5. The fraction of sp³-hybridized carbons (Fsp3) is 0.308. The Morgan fingerprint density at radius 3 is 2.85 bits per heavy atom. The first-order valence-corrected chi connectivity index (χ1v) is 7.44. The van der Waals surface area contributed by atoms with Crippen molar-refractivity contribution in [3.05, 3.63) is 28.8 Å². The maximum Gasteiger partial charge on any atom is 0.313 e. The molecule has 2 aromatic rings. The van der Waals surface area contributed by atoms with Gasteiger partial charge in [-0.2, -0.15) is 0 Å². The molecule has 5 nitrogen and oxygen atoms in total. The normalized spacial score (nSPS) is 10.8. The summed E-state index contributed by atoms with van der Waals surface area (Å²) in [5.41, 5.74) is 1.78. The summed E-state index contributed by atoms with van der Waals surface area (Å²) in [5.74, 6) is -0.260. The summed E-state index contributed by atoms with van der Waals surface area (Å²) >= 11 is 7.46. The number of hydrogen-bond donors (Lipinski definition) is 1. The first kappa shape index (κ1) is 14.9. The molecule has 0 fully saturated rings. The number of hydrogen-bond acceptors (Lipinski definition) is 4. The standard InChI is InChI=1S/C13H14ClN3O2S/c1-3-17-12(9-6-4-5-8(2)11(9)14)15-16-13(17)20-7-10(18)19/h4-6H,3,7H2,1-2H3,(H,18,19). The van der Waals surface area contributed by atoms with E-state index in [2.05, 4.69) is 10.2 Å². The molecule has 0 bridgehead atoms. The van der Waals surface area contributed by atoms with Gasteiger partial charge in [0.1, 0.15) is 0 Å². The third kappa shape index (κ3) is 2.96. The summed E-state index contributed by atoms with van der Waals surface area (Å²) < 4.78 is 1.87. The van der Waals surface area contributed by atoms with Crippen LogP contribution in [-0.4, -0.2) is 31.6 Å². The smallest absolute Gasteiger partial charge is 0.313 e. The highest BCUT2D eigenvalue weighted by molar-refractivity contribution is 7.99. The molecule has 0 aliphatic rings. The van der Waals surface area contributed by atoms with E-state index in [9.17, 15) is 4.79 Å². The van der Waals surface area contributed by atoms with Crippen LogP contribution in [0.2, 0.25) is 5.02 Å². The van der Waals surface area contributed by atoms with Crippen LogP contribution in [0.25, 0.3) is 11.4 Å². The van der Waals surface area contributed by atoms with E-state index in [0.717, 1.165) is 22.9 Å². The first-order valence-electron chi connectivity index (χ1n) is 6.07. The van der Waals surface area contributed by atoms with Gasteiger partial charge in [-0.1, -0.05) is 35.5 Å². The molecule has 7 heteroatoms. The highest BCUT2D eigenvalue weighted by Crippen LogP contribution is 2.31. The number of aromatic nitrogens is 3. The summed E-state index contributed by atoms with van der Waals surface area (Å²) in [6, 6.07) is 5.73. The van der Waals surface area contributed by atoms with E-state index in [1.54, 1.807) is 0 Å². The second-order valence-electron chi connectivity index (χ2n) is 4.17. The van der Waals surface area contributed by atoms with Gasteiger partial charge in [0.2, 0.25) is 0 Å². The van der Waals surface area contributed by atoms with Crippen molar-refractivity contribution in [2.24, 2.45) is 0 Å². The van der Waals surface area contributed by atoms with Crippen molar-refractivity contribution in [2.75, 3.05) is 5.75 Å². The summed E-state index contributed by atoms with van der Waals surface area (Å²) in [4.78, 5) is 10.6. The zero-order valence-corrected chi connectivity index (χ0v) is 12.7. The number of carboxylic acids is 1. The Kier molecular flexibility index (Phi) is 4.67. The van der Waals surface area contributed by atoms with Crippen LogP contribution in [0.15, 0.2) is 23.4 Å². The lowest BCUT2D eigenvalue weighted by Crippen LogP contribution is -2.03. The molecular formula is C13H14ClN3O2S. The quantitative estimate of drug-likeness (QED) is 0.859. The van der Waals surface area contributed by atoms with Gasteiger partial charge < -0.3 is 9.67 Å². The lowest BCUT2D eigenvalue weighted by molar-refractivity contribution is -0.133. The summed E-state index contributed by atoms with van der Waals surface area (Å²) in [6.45, 7) is 4.54. The minimum Gasteiger partial charge on any atom is -0.481 e. The Morgan fingerprint density at radius 2 is 2.20 bits per heavy atom. The first-order chi connectivity index (χ1) is 9.54. The molecule has 20 heavy (non-hydrogen) atoms. The molecule has 1 aromatic heterocycles. The molecule has 0 unspecified atom stereocenters. The van der Waals surface area contributed by atoms with Gasteiger partial charge in [-0.15, -0.1) is 10.2 Å². The van der Waals surface area contributed by atoms with Crippen molar-refractivity contribution >= 4 is 29.3 Å². The Bertz CT molecular complexity index is 643. The van der Waals surface area contributed by atoms with Crippen LogP contribution < -0.4 is 0 Å². The van der Waals surface area contributed by atoms with Crippen molar-refractivity contribution in [3.63, 3.8) is 0 Å². The van der Waals surface area contributed by atoms with Crippen molar-refractivity contribution in [1.29, 1.82) is 0 Å². The average molecular weight is 312 g/mol. The molecule has 0 atom stereocenters. The molecule has 106 valence electrons. The van der Waals surface area contributed by atoms with E-state index in [-0.39, 0.29) is 5.75 Å². The van der Waals surface area contributed by atoms with Crippen LogP contribution in [-0.2, 0) is 11.3 Å². The van der Waals surface area contributed by atoms with Gasteiger partial charge in [-0.25, -0.2) is 0 Å². The maximum absolute atomic E-state index is 10.6. The molecule has 1 aromatic carbocycles. The van der Waals surface area contributed by atoms with Gasteiger partial charge >= 0.3 is 5.97 Å².